The maximum atomic E-state index is 13.7. The van der Waals surface area contributed by atoms with Crippen LogP contribution in [0.25, 0.3) is 0 Å². The first kappa shape index (κ1) is 28.1. The van der Waals surface area contributed by atoms with Gasteiger partial charge in [-0.05, 0) is 49.2 Å². The van der Waals surface area contributed by atoms with Crippen LogP contribution >= 0.6 is 0 Å². The van der Waals surface area contributed by atoms with Gasteiger partial charge in [0.05, 0.1) is 13.2 Å². The molecule has 0 aliphatic carbocycles. The fourth-order valence-corrected chi connectivity index (χ4v) is 3.57. The average molecular weight is 517 g/mol. The lowest BCUT2D eigenvalue weighted by atomic mass is 10.2. The zero-order valence-electron chi connectivity index (χ0n) is 21.4. The summed E-state index contributed by atoms with van der Waals surface area (Å²) in [5.74, 6) is 1.00. The number of aromatic nitrogens is 2. The molecule has 0 saturated carbocycles. The van der Waals surface area contributed by atoms with Crippen LogP contribution in [0.2, 0.25) is 0 Å². The Morgan fingerprint density at radius 3 is 2.14 bits per heavy atom. The fraction of sp³-hybridized carbons (Fsp3) is 0.429. The van der Waals surface area contributed by atoms with Gasteiger partial charge in [0.25, 0.3) is 0 Å². The molecule has 0 spiro atoms. The highest BCUT2D eigenvalue weighted by Gasteiger charge is 2.35. The number of unbranched alkanes of at least 4 members (excludes halogenated alkanes) is 5. The number of halogens is 3. The van der Waals surface area contributed by atoms with Gasteiger partial charge < -0.3 is 20.1 Å². The second kappa shape index (κ2) is 14.3. The number of rotatable bonds is 15. The van der Waals surface area contributed by atoms with Gasteiger partial charge in [-0.3, -0.25) is 0 Å². The lowest BCUT2D eigenvalue weighted by molar-refractivity contribution is -0.137. The number of ether oxygens (including phenoxy) is 2. The third-order valence-corrected chi connectivity index (χ3v) is 5.58. The molecule has 3 rings (SSSR count). The summed E-state index contributed by atoms with van der Waals surface area (Å²) >= 11 is 0. The zero-order chi connectivity index (χ0) is 26.5. The number of nitrogens with zero attached hydrogens (tertiary/aromatic N) is 2. The Bertz CT molecular complexity index is 1090. The van der Waals surface area contributed by atoms with Crippen molar-refractivity contribution in [3.8, 4) is 11.5 Å². The molecule has 0 bridgehead atoms. The van der Waals surface area contributed by atoms with E-state index in [-0.39, 0.29) is 11.8 Å². The van der Waals surface area contributed by atoms with E-state index in [0.717, 1.165) is 56.9 Å². The maximum Gasteiger partial charge on any atom is 0.421 e. The Balaban J connectivity index is 1.69. The number of benzene rings is 2. The van der Waals surface area contributed by atoms with E-state index < -0.39 is 11.7 Å². The average Bonchev–Trinajstić information content (AvgIpc) is 2.87. The number of hydrogen-bond acceptors (Lipinski definition) is 6. The molecule has 9 heteroatoms. The van der Waals surface area contributed by atoms with Crippen molar-refractivity contribution in [3.05, 3.63) is 60.3 Å². The van der Waals surface area contributed by atoms with Gasteiger partial charge in [-0.2, -0.15) is 18.2 Å². The van der Waals surface area contributed by atoms with Crippen LogP contribution in [-0.4, -0.2) is 23.2 Å². The first-order valence-electron chi connectivity index (χ1n) is 12.8. The van der Waals surface area contributed by atoms with Crippen LogP contribution in [0.4, 0.5) is 36.3 Å². The minimum Gasteiger partial charge on any atom is -0.494 e. The molecule has 0 amide bonds. The zero-order valence-corrected chi connectivity index (χ0v) is 21.4. The van der Waals surface area contributed by atoms with Crippen LogP contribution in [-0.2, 0) is 6.18 Å². The van der Waals surface area contributed by atoms with Gasteiger partial charge >= 0.3 is 6.18 Å². The van der Waals surface area contributed by atoms with Crippen LogP contribution in [0.5, 0.6) is 11.5 Å². The van der Waals surface area contributed by atoms with Gasteiger partial charge in [-0.15, -0.1) is 0 Å². The molecular formula is C28H35F3N4O2. The molecule has 0 atom stereocenters. The topological polar surface area (TPSA) is 68.3 Å². The lowest BCUT2D eigenvalue weighted by Gasteiger charge is -2.15. The van der Waals surface area contributed by atoms with Crippen molar-refractivity contribution in [2.75, 3.05) is 23.8 Å². The minimum atomic E-state index is -4.62. The highest BCUT2D eigenvalue weighted by Crippen LogP contribution is 2.36. The van der Waals surface area contributed by atoms with Crippen molar-refractivity contribution in [1.29, 1.82) is 0 Å². The van der Waals surface area contributed by atoms with E-state index in [2.05, 4.69) is 34.4 Å². The largest absolute Gasteiger partial charge is 0.494 e. The summed E-state index contributed by atoms with van der Waals surface area (Å²) in [4.78, 5) is 8.00. The van der Waals surface area contributed by atoms with Crippen LogP contribution in [0.1, 0.15) is 64.4 Å². The summed E-state index contributed by atoms with van der Waals surface area (Å²) in [6, 6.07) is 14.0. The maximum absolute atomic E-state index is 13.7. The fourth-order valence-electron chi connectivity index (χ4n) is 3.57. The molecule has 1 aromatic heterocycles. The number of anilines is 4. The molecule has 2 N–H and O–H groups in total. The van der Waals surface area contributed by atoms with Gasteiger partial charge in [-0.25, -0.2) is 4.98 Å². The highest BCUT2D eigenvalue weighted by molar-refractivity contribution is 5.64. The van der Waals surface area contributed by atoms with Crippen molar-refractivity contribution in [2.45, 2.75) is 65.0 Å². The van der Waals surface area contributed by atoms with Crippen molar-refractivity contribution in [1.82, 2.24) is 9.97 Å². The van der Waals surface area contributed by atoms with E-state index in [1.165, 1.54) is 0 Å². The quantitative estimate of drug-likeness (QED) is 0.197. The summed E-state index contributed by atoms with van der Waals surface area (Å²) in [6.45, 7) is 5.47. The van der Waals surface area contributed by atoms with Crippen molar-refractivity contribution < 1.29 is 22.6 Å². The lowest BCUT2D eigenvalue weighted by Crippen LogP contribution is -2.12. The van der Waals surface area contributed by atoms with E-state index >= 15 is 0 Å². The molecule has 0 unspecified atom stereocenters. The summed E-state index contributed by atoms with van der Waals surface area (Å²) in [7, 11) is 0. The number of alkyl halides is 3. The van der Waals surface area contributed by atoms with Gasteiger partial charge in [-0.1, -0.05) is 52.0 Å². The molecule has 0 fully saturated rings. The molecule has 0 aliphatic heterocycles. The molecule has 0 radical (unpaired) electrons. The monoisotopic (exact) mass is 516 g/mol. The summed E-state index contributed by atoms with van der Waals surface area (Å²) in [5.41, 5.74) is 0.107. The normalized spacial score (nSPS) is 11.3. The Labute approximate surface area is 216 Å². The molecule has 1 heterocycles. The molecule has 0 saturated heterocycles. The third kappa shape index (κ3) is 9.48. The number of nitrogens with one attached hydrogen (secondary N) is 2. The number of hydrogen-bond donors (Lipinski definition) is 2. The highest BCUT2D eigenvalue weighted by atomic mass is 19.4. The molecule has 3 aromatic rings. The van der Waals surface area contributed by atoms with E-state index in [1.807, 2.05) is 0 Å². The molecule has 6 nitrogen and oxygen atoms in total. The van der Waals surface area contributed by atoms with Crippen LogP contribution in [0.15, 0.2) is 54.7 Å². The molecule has 37 heavy (non-hydrogen) atoms. The Morgan fingerprint density at radius 2 is 1.43 bits per heavy atom. The van der Waals surface area contributed by atoms with E-state index in [4.69, 9.17) is 9.47 Å². The predicted octanol–water partition coefficient (Wildman–Crippen LogP) is 8.51. The standard InChI is InChI=1S/C28H35F3N4O2/c1-3-5-7-9-18-37-24-12-10-11-22(19-24)33-26-25(28(29,30)31)20-32-27(35-26)34-21-13-15-23(16-14-21)36-17-8-6-4-2/h10-16,19-20H,3-9,17-18H2,1-2H3,(H2,32,33,34,35). The summed E-state index contributed by atoms with van der Waals surface area (Å²) < 4.78 is 52.5. The Hall–Kier alpha value is -3.49. The summed E-state index contributed by atoms with van der Waals surface area (Å²) in [6.07, 6.45) is 3.65. The van der Waals surface area contributed by atoms with E-state index in [9.17, 15) is 13.2 Å². The van der Waals surface area contributed by atoms with Crippen LogP contribution in [0.3, 0.4) is 0 Å². The first-order valence-corrected chi connectivity index (χ1v) is 12.8. The van der Waals surface area contributed by atoms with Crippen molar-refractivity contribution in [2.24, 2.45) is 0 Å². The summed E-state index contributed by atoms with van der Waals surface area (Å²) in [5, 5.41) is 5.75. The predicted molar refractivity (Wildman–Crippen MR) is 141 cm³/mol. The van der Waals surface area contributed by atoms with E-state index in [1.54, 1.807) is 48.5 Å². The second-order valence-electron chi connectivity index (χ2n) is 8.72. The van der Waals surface area contributed by atoms with Crippen molar-refractivity contribution in [3.63, 3.8) is 0 Å². The van der Waals surface area contributed by atoms with Crippen LogP contribution in [0, 0.1) is 0 Å². The van der Waals surface area contributed by atoms with Gasteiger partial charge in [0.2, 0.25) is 5.95 Å². The Kier molecular flexibility index (Phi) is 10.9. The molecular weight excluding hydrogens is 481 g/mol. The second-order valence-corrected chi connectivity index (χ2v) is 8.72. The SMILES string of the molecule is CCCCCCOc1cccc(Nc2nc(Nc3ccc(OCCCCC)cc3)ncc2C(F)(F)F)c1. The van der Waals surface area contributed by atoms with Gasteiger partial charge in [0, 0.05) is 23.6 Å². The van der Waals surface area contributed by atoms with Gasteiger partial charge in [0.1, 0.15) is 22.9 Å². The first-order chi connectivity index (χ1) is 17.9. The minimum absolute atomic E-state index is 0.0374. The van der Waals surface area contributed by atoms with Crippen molar-refractivity contribution >= 4 is 23.1 Å². The Morgan fingerprint density at radius 1 is 0.757 bits per heavy atom. The molecule has 0 aliphatic rings. The van der Waals surface area contributed by atoms with Crippen LogP contribution < -0.4 is 20.1 Å². The molecule has 200 valence electrons. The molecule has 2 aromatic carbocycles. The third-order valence-electron chi connectivity index (χ3n) is 5.58. The smallest absolute Gasteiger partial charge is 0.421 e. The van der Waals surface area contributed by atoms with Gasteiger partial charge in [0.15, 0.2) is 0 Å². The van der Waals surface area contributed by atoms with E-state index in [0.29, 0.717) is 30.3 Å².